The number of fused-ring (bicyclic) bond motifs is 6. The Hall–Kier alpha value is -4.41. The molecule has 3 aromatic rings. The molecule has 5 rings (SSSR count). The highest BCUT2D eigenvalue weighted by Crippen LogP contribution is 2.56. The molecule has 6 N–H and O–H groups in total. The molecule has 0 saturated heterocycles. The van der Waals surface area contributed by atoms with Gasteiger partial charge in [-0.2, -0.15) is 0 Å². The monoisotopic (exact) mass is 572 g/mol. The van der Waals surface area contributed by atoms with Crippen LogP contribution in [0.2, 0.25) is 0 Å². The average Bonchev–Trinajstić information content (AvgIpc) is 3.30. The van der Waals surface area contributed by atoms with Crippen LogP contribution in [-0.4, -0.2) is 41.0 Å². The Labute approximate surface area is 244 Å². The first-order chi connectivity index (χ1) is 20.0. The van der Waals surface area contributed by atoms with Gasteiger partial charge in [0.15, 0.2) is 5.60 Å². The van der Waals surface area contributed by atoms with E-state index in [1.807, 2.05) is 56.3 Å². The number of rotatable bonds is 8. The van der Waals surface area contributed by atoms with Crippen LogP contribution in [0, 0.1) is 5.92 Å². The topological polar surface area (TPSA) is 152 Å². The molecule has 10 heteroatoms. The molecule has 0 aliphatic carbocycles. The largest absolute Gasteiger partial charge is 0.456 e. The normalized spacial score (nSPS) is 18.6. The van der Waals surface area contributed by atoms with Gasteiger partial charge >= 0.3 is 0 Å². The van der Waals surface area contributed by atoms with Crippen molar-refractivity contribution in [3.05, 3.63) is 82.9 Å². The molecule has 42 heavy (non-hydrogen) atoms. The van der Waals surface area contributed by atoms with Gasteiger partial charge < -0.3 is 36.3 Å². The highest BCUT2D eigenvalue weighted by atomic mass is 16.5. The van der Waals surface area contributed by atoms with Gasteiger partial charge in [-0.15, -0.1) is 0 Å². The third-order valence-corrected chi connectivity index (χ3v) is 7.54. The number of benzene rings is 3. The number of nitrogens with one attached hydrogen (secondary N) is 3. The summed E-state index contributed by atoms with van der Waals surface area (Å²) in [6.45, 7) is 7.00. The van der Waals surface area contributed by atoms with Crippen molar-refractivity contribution in [2.75, 3.05) is 11.1 Å². The van der Waals surface area contributed by atoms with Crippen LogP contribution in [0.15, 0.2) is 60.7 Å². The molecule has 3 aromatic carbocycles. The van der Waals surface area contributed by atoms with Crippen LogP contribution < -0.4 is 26.4 Å². The molecular weight excluding hydrogens is 536 g/mol. The van der Waals surface area contributed by atoms with E-state index in [1.54, 1.807) is 18.2 Å². The van der Waals surface area contributed by atoms with E-state index in [0.29, 0.717) is 35.9 Å². The number of carbonyl (C=O) groups excluding carboxylic acids is 3. The third kappa shape index (κ3) is 5.43. The molecule has 0 bridgehead atoms. The maximum absolute atomic E-state index is 13.3. The summed E-state index contributed by atoms with van der Waals surface area (Å²) in [6.07, 6.45) is -0.831. The minimum Gasteiger partial charge on any atom is -0.456 e. The number of nitrogen functional groups attached to an aromatic ring is 1. The van der Waals surface area contributed by atoms with Crippen LogP contribution in [0.1, 0.15) is 56.4 Å². The lowest BCUT2D eigenvalue weighted by Crippen LogP contribution is -2.56. The first kappa shape index (κ1) is 29.1. The van der Waals surface area contributed by atoms with Crippen molar-refractivity contribution in [1.82, 2.24) is 10.6 Å². The fourth-order valence-electron chi connectivity index (χ4n) is 5.68. The minimum absolute atomic E-state index is 0.113. The van der Waals surface area contributed by atoms with Gasteiger partial charge in [-0.3, -0.25) is 14.4 Å². The van der Waals surface area contributed by atoms with Crippen molar-refractivity contribution in [1.29, 1.82) is 0 Å². The number of aliphatic hydroxyl groups excluding tert-OH is 1. The molecule has 0 aromatic heterocycles. The van der Waals surface area contributed by atoms with Crippen LogP contribution in [0.4, 0.5) is 11.4 Å². The van der Waals surface area contributed by atoms with Crippen molar-refractivity contribution in [2.24, 2.45) is 5.92 Å². The summed E-state index contributed by atoms with van der Waals surface area (Å²) < 4.78 is 12.8. The zero-order chi connectivity index (χ0) is 30.2. The van der Waals surface area contributed by atoms with Crippen LogP contribution in [0.5, 0.6) is 11.5 Å². The highest BCUT2D eigenvalue weighted by molar-refractivity contribution is 5.99. The maximum Gasteiger partial charge on any atom is 0.249 e. The molecule has 2 aliphatic heterocycles. The molecule has 0 fully saturated rings. The molecule has 1 unspecified atom stereocenters. The lowest BCUT2D eigenvalue weighted by Gasteiger charge is -2.37. The third-order valence-electron chi connectivity index (χ3n) is 7.54. The number of nitrogens with two attached hydrogens (primary N) is 1. The maximum atomic E-state index is 13.3. The standard InChI is InChI=1S/C32H36N4O6/c1-17(2)13-26(34-19(4)38)30(39)36-29(18(3)37)31(40)35-22-10-12-25-28(15-22)42-27-14-21(33)9-11-24(27)32(25)23-8-6-5-7-20(23)16-41-32/h5-12,14-15,17-18,26,29,37H,13,16,33H2,1-4H3,(H,34,38)(H,35,40)(H,36,39)/t18-,26+,29+,32?/m1/s1. The van der Waals surface area contributed by atoms with Gasteiger partial charge in [-0.1, -0.05) is 38.1 Å². The summed E-state index contributed by atoms with van der Waals surface area (Å²) in [7, 11) is 0. The Bertz CT molecular complexity index is 1540. The second kappa shape index (κ2) is 11.5. The molecule has 3 amide bonds. The zero-order valence-corrected chi connectivity index (χ0v) is 24.1. The van der Waals surface area contributed by atoms with Gasteiger partial charge in [0.05, 0.1) is 12.7 Å². The molecule has 2 aliphatic rings. The first-order valence-electron chi connectivity index (χ1n) is 14.0. The van der Waals surface area contributed by atoms with E-state index in [2.05, 4.69) is 16.0 Å². The lowest BCUT2D eigenvalue weighted by molar-refractivity contribution is -0.132. The van der Waals surface area contributed by atoms with Crippen molar-refractivity contribution in [3.8, 4) is 11.5 Å². The van der Waals surface area contributed by atoms with Crippen molar-refractivity contribution in [2.45, 2.75) is 64.5 Å². The summed E-state index contributed by atoms with van der Waals surface area (Å²) in [6, 6.07) is 16.6. The van der Waals surface area contributed by atoms with E-state index in [0.717, 1.165) is 22.3 Å². The number of anilines is 2. The Morgan fingerprint density at radius 1 is 0.929 bits per heavy atom. The number of ether oxygens (including phenoxy) is 2. The van der Waals surface area contributed by atoms with Crippen molar-refractivity contribution >= 4 is 29.1 Å². The number of amides is 3. The first-order valence-corrected chi connectivity index (χ1v) is 14.0. The Balaban J connectivity index is 1.43. The van der Waals surface area contributed by atoms with Gasteiger partial charge in [0.1, 0.15) is 23.6 Å². The molecule has 0 radical (unpaired) electrons. The fourth-order valence-corrected chi connectivity index (χ4v) is 5.68. The highest BCUT2D eigenvalue weighted by Gasteiger charge is 2.49. The predicted octanol–water partition coefficient (Wildman–Crippen LogP) is 3.55. The summed E-state index contributed by atoms with van der Waals surface area (Å²) >= 11 is 0. The lowest BCUT2D eigenvalue weighted by atomic mass is 9.77. The zero-order valence-electron chi connectivity index (χ0n) is 24.1. The number of hydrogen-bond acceptors (Lipinski definition) is 7. The van der Waals surface area contributed by atoms with Crippen LogP contribution >= 0.6 is 0 Å². The van der Waals surface area contributed by atoms with E-state index >= 15 is 0 Å². The Morgan fingerprint density at radius 3 is 2.31 bits per heavy atom. The minimum atomic E-state index is -1.27. The van der Waals surface area contributed by atoms with Crippen LogP contribution in [0.25, 0.3) is 0 Å². The summed E-state index contributed by atoms with van der Waals surface area (Å²) in [5, 5.41) is 18.4. The molecule has 1 spiro atoms. The predicted molar refractivity (Wildman–Crippen MR) is 158 cm³/mol. The number of aliphatic hydroxyl groups is 1. The van der Waals surface area contributed by atoms with Crippen molar-refractivity contribution < 1.29 is 29.0 Å². The molecule has 0 saturated carbocycles. The molecule has 2 heterocycles. The van der Waals surface area contributed by atoms with Gasteiger partial charge in [0.25, 0.3) is 0 Å². The molecular formula is C32H36N4O6. The Kier molecular flexibility index (Phi) is 7.94. The summed E-state index contributed by atoms with van der Waals surface area (Å²) in [5.74, 6) is -0.405. The SMILES string of the molecule is CC(=O)N[C@@H](CC(C)C)C(=O)N[C@H](C(=O)Nc1ccc2c(c1)Oc1cc(N)ccc1C21OCc2ccccc21)[C@@H](C)O. The molecule has 4 atom stereocenters. The summed E-state index contributed by atoms with van der Waals surface area (Å²) in [4.78, 5) is 38.0. The van der Waals surface area contributed by atoms with Crippen molar-refractivity contribution in [3.63, 3.8) is 0 Å². The van der Waals surface area contributed by atoms with E-state index in [-0.39, 0.29) is 11.8 Å². The quantitative estimate of drug-likeness (QED) is 0.259. The van der Waals surface area contributed by atoms with E-state index in [9.17, 15) is 19.5 Å². The van der Waals surface area contributed by atoms with Gasteiger partial charge in [-0.05, 0) is 54.7 Å². The second-order valence-corrected chi connectivity index (χ2v) is 11.3. The van der Waals surface area contributed by atoms with E-state index < -0.39 is 35.6 Å². The van der Waals surface area contributed by atoms with Gasteiger partial charge in [0.2, 0.25) is 17.7 Å². The number of hydrogen-bond donors (Lipinski definition) is 5. The smallest absolute Gasteiger partial charge is 0.249 e. The van der Waals surface area contributed by atoms with E-state index in [1.165, 1.54) is 13.8 Å². The van der Waals surface area contributed by atoms with Gasteiger partial charge in [0, 0.05) is 41.6 Å². The van der Waals surface area contributed by atoms with Crippen LogP contribution in [-0.2, 0) is 31.3 Å². The number of carbonyl (C=O) groups is 3. The second-order valence-electron chi connectivity index (χ2n) is 11.3. The van der Waals surface area contributed by atoms with E-state index in [4.69, 9.17) is 15.2 Å². The van der Waals surface area contributed by atoms with Gasteiger partial charge in [-0.25, -0.2) is 0 Å². The summed E-state index contributed by atoms with van der Waals surface area (Å²) in [5.41, 5.74) is 9.79. The van der Waals surface area contributed by atoms with Crippen LogP contribution in [0.3, 0.4) is 0 Å². The average molecular weight is 573 g/mol. The molecule has 10 nitrogen and oxygen atoms in total. The Morgan fingerprint density at radius 2 is 1.62 bits per heavy atom. The molecule has 220 valence electrons. The fraction of sp³-hybridized carbons (Fsp3) is 0.344.